The van der Waals surface area contributed by atoms with Gasteiger partial charge in [0.15, 0.2) is 0 Å². The Kier molecular flexibility index (Phi) is 4.04. The number of benzene rings is 1. The van der Waals surface area contributed by atoms with Crippen LogP contribution in [0.4, 0.5) is 5.69 Å². The van der Waals surface area contributed by atoms with Crippen molar-refractivity contribution in [2.45, 2.75) is 26.2 Å². The molecule has 2 rings (SSSR count). The molecular weight excluding hydrogens is 310 g/mol. The van der Waals surface area contributed by atoms with Crippen LogP contribution < -0.4 is 4.72 Å². The number of aromatic nitrogens is 2. The second kappa shape index (κ2) is 5.35. The van der Waals surface area contributed by atoms with Crippen molar-refractivity contribution in [1.82, 2.24) is 9.97 Å². The van der Waals surface area contributed by atoms with Crippen LogP contribution in [-0.2, 0) is 15.4 Å². The highest BCUT2D eigenvalue weighted by Gasteiger charge is 2.20. The first kappa shape index (κ1) is 15.9. The lowest BCUT2D eigenvalue weighted by molar-refractivity contribution is 0.553. The van der Waals surface area contributed by atoms with Crippen LogP contribution >= 0.6 is 11.6 Å². The van der Waals surface area contributed by atoms with Gasteiger partial charge >= 0.3 is 0 Å². The summed E-state index contributed by atoms with van der Waals surface area (Å²) in [5.74, 6) is 0.806. The number of aromatic amines is 1. The van der Waals surface area contributed by atoms with E-state index in [2.05, 4.69) is 14.7 Å². The third kappa shape index (κ3) is 3.98. The first-order chi connectivity index (χ1) is 9.56. The Hall–Kier alpha value is -1.53. The number of nitrogens with one attached hydrogen (secondary N) is 2. The van der Waals surface area contributed by atoms with E-state index in [1.54, 1.807) is 24.3 Å². The maximum atomic E-state index is 11.2. The van der Waals surface area contributed by atoms with Gasteiger partial charge in [-0.15, -0.1) is 0 Å². The van der Waals surface area contributed by atoms with E-state index >= 15 is 0 Å². The van der Waals surface area contributed by atoms with Gasteiger partial charge in [-0.3, -0.25) is 4.72 Å². The first-order valence-electron chi connectivity index (χ1n) is 6.40. The van der Waals surface area contributed by atoms with Crippen LogP contribution in [0.5, 0.6) is 0 Å². The highest BCUT2D eigenvalue weighted by atomic mass is 35.5. The fourth-order valence-corrected chi connectivity index (χ4v) is 2.61. The summed E-state index contributed by atoms with van der Waals surface area (Å²) in [6.07, 6.45) is 1.11. The van der Waals surface area contributed by atoms with Crippen LogP contribution in [0, 0.1) is 0 Å². The third-order valence-electron chi connectivity index (χ3n) is 2.83. The molecule has 0 radical (unpaired) electrons. The van der Waals surface area contributed by atoms with Crippen LogP contribution in [0.15, 0.2) is 24.3 Å². The fourth-order valence-electron chi connectivity index (χ4n) is 1.81. The second-order valence-corrected chi connectivity index (χ2v) is 8.08. The van der Waals surface area contributed by atoms with E-state index in [9.17, 15) is 8.42 Å². The number of rotatable bonds is 3. The molecule has 0 bridgehead atoms. The normalized spacial score (nSPS) is 12.4. The standard InChI is InChI=1S/C14H18ClN3O2S/c1-14(2,3)13-16-11(12(15)17-13)9-5-7-10(8-6-9)18-21(4,19)20/h5-8,18H,1-4H3,(H,16,17). The fraction of sp³-hybridized carbons (Fsp3) is 0.357. The summed E-state index contributed by atoms with van der Waals surface area (Å²) in [6.45, 7) is 6.14. The number of imidazole rings is 1. The minimum absolute atomic E-state index is 0.125. The lowest BCUT2D eigenvalue weighted by atomic mass is 9.96. The predicted octanol–water partition coefficient (Wildman–Crippen LogP) is 3.40. The van der Waals surface area contributed by atoms with Gasteiger partial charge in [0.2, 0.25) is 10.0 Å². The molecule has 0 fully saturated rings. The zero-order chi connectivity index (χ0) is 15.8. The van der Waals surface area contributed by atoms with E-state index in [0.717, 1.165) is 17.6 Å². The van der Waals surface area contributed by atoms with E-state index in [1.165, 1.54) is 0 Å². The van der Waals surface area contributed by atoms with Crippen LogP contribution in [0.3, 0.4) is 0 Å². The van der Waals surface area contributed by atoms with E-state index in [-0.39, 0.29) is 5.41 Å². The molecule has 2 aromatic rings. The molecule has 2 N–H and O–H groups in total. The number of H-pyrrole nitrogens is 1. The van der Waals surface area contributed by atoms with Crippen LogP contribution in [0.25, 0.3) is 11.3 Å². The van der Waals surface area contributed by atoms with Crippen molar-refractivity contribution < 1.29 is 8.42 Å². The van der Waals surface area contributed by atoms with Gasteiger partial charge < -0.3 is 4.98 Å². The molecule has 0 saturated carbocycles. The summed E-state index contributed by atoms with van der Waals surface area (Å²) in [6, 6.07) is 6.92. The van der Waals surface area contributed by atoms with E-state index in [1.807, 2.05) is 20.8 Å². The van der Waals surface area contributed by atoms with E-state index in [4.69, 9.17) is 11.6 Å². The number of hydrogen-bond donors (Lipinski definition) is 2. The van der Waals surface area contributed by atoms with Crippen molar-refractivity contribution in [2.75, 3.05) is 11.0 Å². The molecule has 0 saturated heterocycles. The van der Waals surface area contributed by atoms with Gasteiger partial charge in [-0.2, -0.15) is 0 Å². The predicted molar refractivity (Wildman–Crippen MR) is 86.2 cm³/mol. The minimum Gasteiger partial charge on any atom is -0.332 e. The Balaban J connectivity index is 2.33. The molecule has 1 heterocycles. The molecule has 21 heavy (non-hydrogen) atoms. The molecule has 5 nitrogen and oxygen atoms in total. The van der Waals surface area contributed by atoms with Gasteiger partial charge in [-0.1, -0.05) is 44.5 Å². The summed E-state index contributed by atoms with van der Waals surface area (Å²) in [4.78, 5) is 7.61. The van der Waals surface area contributed by atoms with E-state index < -0.39 is 10.0 Å². The minimum atomic E-state index is -3.28. The Morgan fingerprint density at radius 3 is 2.19 bits per heavy atom. The largest absolute Gasteiger partial charge is 0.332 e. The molecule has 0 atom stereocenters. The van der Waals surface area contributed by atoms with Crippen LogP contribution in [0.2, 0.25) is 5.15 Å². The number of sulfonamides is 1. The Bertz CT molecular complexity index is 744. The molecule has 114 valence electrons. The maximum absolute atomic E-state index is 11.2. The first-order valence-corrected chi connectivity index (χ1v) is 8.67. The van der Waals surface area contributed by atoms with Gasteiger partial charge in [-0.25, -0.2) is 13.4 Å². The SMILES string of the molecule is CC(C)(C)c1nc(-c2ccc(NS(C)(=O)=O)cc2)c(Cl)[nH]1. The summed E-state index contributed by atoms with van der Waals surface area (Å²) in [7, 11) is -3.28. The molecule has 0 unspecified atom stereocenters. The Morgan fingerprint density at radius 1 is 1.19 bits per heavy atom. The summed E-state index contributed by atoms with van der Waals surface area (Å²) in [5, 5.41) is 0.476. The van der Waals surface area contributed by atoms with Crippen LogP contribution in [0.1, 0.15) is 26.6 Å². The third-order valence-corrected chi connectivity index (χ3v) is 3.71. The van der Waals surface area contributed by atoms with Crippen molar-refractivity contribution in [1.29, 1.82) is 0 Å². The maximum Gasteiger partial charge on any atom is 0.229 e. The topological polar surface area (TPSA) is 74.8 Å². The molecule has 0 aliphatic heterocycles. The lowest BCUT2D eigenvalue weighted by Crippen LogP contribution is -2.13. The molecule has 0 spiro atoms. The van der Waals surface area contributed by atoms with Crippen LogP contribution in [-0.4, -0.2) is 24.6 Å². The number of nitrogens with zero attached hydrogens (tertiary/aromatic N) is 1. The van der Waals surface area contributed by atoms with Crippen molar-refractivity contribution in [3.63, 3.8) is 0 Å². The average Bonchev–Trinajstić information content (AvgIpc) is 2.70. The number of halogens is 1. The average molecular weight is 328 g/mol. The highest BCUT2D eigenvalue weighted by molar-refractivity contribution is 7.92. The zero-order valence-electron chi connectivity index (χ0n) is 12.4. The summed E-state index contributed by atoms with van der Waals surface area (Å²) < 4.78 is 24.8. The van der Waals surface area contributed by atoms with Crippen molar-refractivity contribution in [3.8, 4) is 11.3 Å². The highest BCUT2D eigenvalue weighted by Crippen LogP contribution is 2.30. The zero-order valence-corrected chi connectivity index (χ0v) is 13.9. The Morgan fingerprint density at radius 2 is 1.76 bits per heavy atom. The van der Waals surface area contributed by atoms with Gasteiger partial charge in [0, 0.05) is 16.7 Å². The van der Waals surface area contributed by atoms with Crippen molar-refractivity contribution >= 4 is 27.3 Å². The summed E-state index contributed by atoms with van der Waals surface area (Å²) in [5.41, 5.74) is 1.86. The molecule has 0 amide bonds. The van der Waals surface area contributed by atoms with E-state index in [0.29, 0.717) is 16.5 Å². The monoisotopic (exact) mass is 327 g/mol. The van der Waals surface area contributed by atoms with Gasteiger partial charge in [0.05, 0.1) is 6.26 Å². The lowest BCUT2D eigenvalue weighted by Gasteiger charge is -2.13. The van der Waals surface area contributed by atoms with Crippen molar-refractivity contribution in [2.24, 2.45) is 0 Å². The summed E-state index contributed by atoms with van der Waals surface area (Å²) >= 11 is 6.20. The smallest absolute Gasteiger partial charge is 0.229 e. The number of anilines is 1. The van der Waals surface area contributed by atoms with Gasteiger partial charge in [0.1, 0.15) is 16.7 Å². The molecule has 0 aliphatic rings. The molecule has 1 aromatic carbocycles. The Labute approximate surface area is 129 Å². The molecule has 1 aromatic heterocycles. The quantitative estimate of drug-likeness (QED) is 0.907. The molecule has 0 aliphatic carbocycles. The molecule has 7 heteroatoms. The molecular formula is C14H18ClN3O2S. The number of hydrogen-bond acceptors (Lipinski definition) is 3. The van der Waals surface area contributed by atoms with Gasteiger partial charge in [0.25, 0.3) is 0 Å². The van der Waals surface area contributed by atoms with Gasteiger partial charge in [-0.05, 0) is 12.1 Å². The van der Waals surface area contributed by atoms with Crippen molar-refractivity contribution in [3.05, 3.63) is 35.2 Å². The second-order valence-electron chi connectivity index (χ2n) is 5.95.